The molecule has 2 heteroatoms. The minimum Gasteiger partial charge on any atom is -0.310 e. The first-order valence-corrected chi connectivity index (χ1v) is 21.8. The van der Waals surface area contributed by atoms with Crippen LogP contribution in [0, 0.1) is 0 Å². The Labute approximate surface area is 359 Å². The summed E-state index contributed by atoms with van der Waals surface area (Å²) in [6.07, 6.45) is 0. The average Bonchev–Trinajstić information content (AvgIpc) is 3.28. The average molecular weight is 785 g/mol. The number of fused-ring (bicyclic) bond motifs is 7. The van der Waals surface area contributed by atoms with Crippen LogP contribution >= 0.6 is 0 Å². The van der Waals surface area contributed by atoms with Crippen molar-refractivity contribution in [3.63, 3.8) is 0 Å². The van der Waals surface area contributed by atoms with E-state index in [1.165, 1.54) is 99.9 Å². The highest BCUT2D eigenvalue weighted by Crippen LogP contribution is 2.61. The summed E-state index contributed by atoms with van der Waals surface area (Å²) in [6, 6.07) is 68.1. The molecule has 2 aliphatic carbocycles. The van der Waals surface area contributed by atoms with Crippen LogP contribution in [0.5, 0.6) is 0 Å². The maximum atomic E-state index is 2.60. The van der Waals surface area contributed by atoms with Crippen molar-refractivity contribution < 1.29 is 0 Å². The molecule has 0 saturated heterocycles. The van der Waals surface area contributed by atoms with Crippen LogP contribution in [0.4, 0.5) is 34.1 Å². The van der Waals surface area contributed by atoms with Crippen LogP contribution in [0.1, 0.15) is 74.9 Å². The Kier molecular flexibility index (Phi) is 7.41. The van der Waals surface area contributed by atoms with E-state index in [0.29, 0.717) is 0 Å². The summed E-state index contributed by atoms with van der Waals surface area (Å²) < 4.78 is 0. The van der Waals surface area contributed by atoms with Crippen LogP contribution in [-0.2, 0) is 16.2 Å². The summed E-state index contributed by atoms with van der Waals surface area (Å²) in [5.41, 5.74) is 20.1. The van der Waals surface area contributed by atoms with Gasteiger partial charge in [-0.1, -0.05) is 157 Å². The maximum Gasteiger partial charge on any atom is 0.0581 e. The molecule has 0 atom stereocenters. The van der Waals surface area contributed by atoms with Gasteiger partial charge in [0, 0.05) is 44.1 Å². The highest BCUT2D eigenvalue weighted by Gasteiger charge is 2.43. The Bertz CT molecular complexity index is 3230. The fraction of sp³-hybridized carbons (Fsp3) is 0.153. The molecule has 2 nitrogen and oxygen atoms in total. The molecule has 9 aromatic carbocycles. The fourth-order valence-electron chi connectivity index (χ4n) is 11.5. The molecular weight excluding hydrogens is 737 g/mol. The summed E-state index contributed by atoms with van der Waals surface area (Å²) in [7, 11) is 0. The molecule has 0 aromatic heterocycles. The van der Waals surface area contributed by atoms with Crippen molar-refractivity contribution in [2.45, 2.75) is 57.8 Å². The summed E-state index contributed by atoms with van der Waals surface area (Å²) in [5, 5.41) is 5.31. The number of para-hydroxylation sites is 4. The fourth-order valence-corrected chi connectivity index (χ4v) is 11.5. The Morgan fingerprint density at radius 2 is 0.836 bits per heavy atom. The van der Waals surface area contributed by atoms with Gasteiger partial charge in [0.1, 0.15) is 0 Å². The number of hydrogen-bond donors (Lipinski definition) is 0. The molecule has 0 fully saturated rings. The molecule has 0 bridgehead atoms. The van der Waals surface area contributed by atoms with Crippen LogP contribution in [0.2, 0.25) is 0 Å². The molecule has 0 unspecified atom stereocenters. The molecule has 0 spiro atoms. The van der Waals surface area contributed by atoms with Gasteiger partial charge in [-0.05, 0) is 133 Å². The van der Waals surface area contributed by atoms with Crippen LogP contribution in [-0.4, -0.2) is 0 Å². The molecule has 61 heavy (non-hydrogen) atoms. The van der Waals surface area contributed by atoms with E-state index in [-0.39, 0.29) is 16.2 Å². The minimum atomic E-state index is -0.253. The van der Waals surface area contributed by atoms with E-state index in [1.807, 2.05) is 0 Å². The molecule has 9 aromatic rings. The van der Waals surface area contributed by atoms with Crippen LogP contribution < -0.4 is 9.80 Å². The van der Waals surface area contributed by atoms with Crippen molar-refractivity contribution in [2.24, 2.45) is 0 Å². The first-order valence-electron chi connectivity index (χ1n) is 21.8. The predicted molar refractivity (Wildman–Crippen MR) is 258 cm³/mol. The quantitative estimate of drug-likeness (QED) is 0.175. The van der Waals surface area contributed by atoms with Gasteiger partial charge in [-0.2, -0.15) is 0 Å². The monoisotopic (exact) mass is 784 g/mol. The third kappa shape index (κ3) is 4.85. The van der Waals surface area contributed by atoms with E-state index in [9.17, 15) is 0 Å². The van der Waals surface area contributed by atoms with Crippen molar-refractivity contribution in [2.75, 3.05) is 9.80 Å². The highest BCUT2D eigenvalue weighted by atomic mass is 15.2. The van der Waals surface area contributed by atoms with Gasteiger partial charge >= 0.3 is 0 Å². The van der Waals surface area contributed by atoms with Crippen molar-refractivity contribution in [1.29, 1.82) is 0 Å². The SMILES string of the molecule is CC1(C)c2ccccc2N(c2ccccc2)c2c1cc1c3c(cccc23)C(C)(C)c2cc3c(cc2-1)C(C)(C)c1cccc2c(N(c4ccccc4)c4ccccc4)ccc-3c12. The van der Waals surface area contributed by atoms with Gasteiger partial charge in [0.25, 0.3) is 0 Å². The molecule has 12 rings (SSSR count). The first kappa shape index (κ1) is 36.0. The van der Waals surface area contributed by atoms with E-state index >= 15 is 0 Å². The number of anilines is 6. The molecule has 294 valence electrons. The van der Waals surface area contributed by atoms with Gasteiger partial charge in [0.2, 0.25) is 0 Å². The smallest absolute Gasteiger partial charge is 0.0581 e. The third-order valence-corrected chi connectivity index (χ3v) is 14.6. The van der Waals surface area contributed by atoms with E-state index in [0.717, 1.165) is 11.4 Å². The zero-order chi connectivity index (χ0) is 41.4. The summed E-state index contributed by atoms with van der Waals surface area (Å²) in [5.74, 6) is 0. The predicted octanol–water partition coefficient (Wildman–Crippen LogP) is 16.2. The van der Waals surface area contributed by atoms with Gasteiger partial charge in [-0.15, -0.1) is 0 Å². The van der Waals surface area contributed by atoms with Gasteiger partial charge < -0.3 is 9.80 Å². The molecule has 0 saturated carbocycles. The van der Waals surface area contributed by atoms with E-state index < -0.39 is 0 Å². The Balaban J connectivity index is 1.12. The number of benzene rings is 9. The lowest BCUT2D eigenvalue weighted by Crippen LogP contribution is -2.32. The lowest BCUT2D eigenvalue weighted by molar-refractivity contribution is 0.627. The van der Waals surface area contributed by atoms with Crippen molar-refractivity contribution >= 4 is 55.7 Å². The van der Waals surface area contributed by atoms with E-state index in [4.69, 9.17) is 0 Å². The van der Waals surface area contributed by atoms with Crippen molar-refractivity contribution in [1.82, 2.24) is 0 Å². The maximum absolute atomic E-state index is 2.60. The zero-order valence-corrected chi connectivity index (χ0v) is 35.7. The summed E-state index contributed by atoms with van der Waals surface area (Å²) in [6.45, 7) is 14.6. The summed E-state index contributed by atoms with van der Waals surface area (Å²) >= 11 is 0. The minimum absolute atomic E-state index is 0.224. The van der Waals surface area contributed by atoms with Crippen molar-refractivity contribution in [3.05, 3.63) is 215 Å². The lowest BCUT2D eigenvalue weighted by Gasteiger charge is -2.45. The number of nitrogens with zero attached hydrogens (tertiary/aromatic N) is 2. The molecule has 0 amide bonds. The molecule has 1 heterocycles. The van der Waals surface area contributed by atoms with Crippen LogP contribution in [0.3, 0.4) is 0 Å². The van der Waals surface area contributed by atoms with Crippen LogP contribution in [0.25, 0.3) is 43.8 Å². The molecule has 1 aliphatic heterocycles. The van der Waals surface area contributed by atoms with Gasteiger partial charge in [-0.25, -0.2) is 0 Å². The Morgan fingerprint density at radius 1 is 0.361 bits per heavy atom. The topological polar surface area (TPSA) is 6.48 Å². The van der Waals surface area contributed by atoms with Gasteiger partial charge in [-0.3, -0.25) is 0 Å². The lowest BCUT2D eigenvalue weighted by atomic mass is 9.62. The second-order valence-electron chi connectivity index (χ2n) is 18.9. The van der Waals surface area contributed by atoms with E-state index in [2.05, 4.69) is 233 Å². The largest absolute Gasteiger partial charge is 0.310 e. The summed E-state index contributed by atoms with van der Waals surface area (Å²) in [4.78, 5) is 4.94. The Hall–Kier alpha value is -6.90. The van der Waals surface area contributed by atoms with Gasteiger partial charge in [0.05, 0.1) is 17.1 Å². The number of rotatable bonds is 4. The molecule has 3 aliphatic rings. The normalized spacial score (nSPS) is 15.7. The number of hydrogen-bond acceptors (Lipinski definition) is 2. The van der Waals surface area contributed by atoms with E-state index in [1.54, 1.807) is 0 Å². The molecular formula is C59H48N2. The molecule has 0 N–H and O–H groups in total. The standard InChI is InChI=1S/C59H48N2/c1-57(2)46-28-16-17-31-53(46)61(39-24-14-9-15-25-39)56-42-27-19-30-48-55(42)45(36-51(56)57)44-35-49-43(34-50(44)59(48,5)6)40-32-33-52(41-26-18-29-47(54(40)41)58(49,3)4)60(37-20-10-7-11-21-37)38-22-12-8-13-23-38/h7-36H,1-6H3. The highest BCUT2D eigenvalue weighted by molar-refractivity contribution is 6.15. The van der Waals surface area contributed by atoms with Crippen LogP contribution in [0.15, 0.2) is 182 Å². The third-order valence-electron chi connectivity index (χ3n) is 14.6. The molecule has 0 radical (unpaired) electrons. The second kappa shape index (κ2) is 12.6. The second-order valence-corrected chi connectivity index (χ2v) is 18.9. The first-order chi connectivity index (χ1) is 29.6. The van der Waals surface area contributed by atoms with Gasteiger partial charge in [0.15, 0.2) is 0 Å². The zero-order valence-electron chi connectivity index (χ0n) is 35.7. The Morgan fingerprint density at radius 3 is 1.46 bits per heavy atom. The van der Waals surface area contributed by atoms with Crippen molar-refractivity contribution in [3.8, 4) is 22.3 Å².